The summed E-state index contributed by atoms with van der Waals surface area (Å²) in [5, 5.41) is 8.56. The first kappa shape index (κ1) is 6.61. The SMILES string of the molecule is C[C@@H]1CCC[C@H](C#N)C1. The highest BCUT2D eigenvalue weighted by molar-refractivity contribution is 4.86. The van der Waals surface area contributed by atoms with Crippen LogP contribution in [0.3, 0.4) is 0 Å². The molecule has 9 heavy (non-hydrogen) atoms. The molecular formula is C8H13N. The zero-order chi connectivity index (χ0) is 6.69. The standard InChI is InChI=1S/C8H13N/c1-7-3-2-4-8(5-7)6-9/h7-8H,2-5H2,1H3/t7-,8+/m1/s1. The predicted molar refractivity (Wildman–Crippen MR) is 36.7 cm³/mol. The van der Waals surface area contributed by atoms with Crippen molar-refractivity contribution in [1.29, 1.82) is 5.26 Å². The molecule has 0 aromatic rings. The minimum Gasteiger partial charge on any atom is -0.198 e. The summed E-state index contributed by atoms with van der Waals surface area (Å²) >= 11 is 0. The van der Waals surface area contributed by atoms with E-state index in [-0.39, 0.29) is 0 Å². The Morgan fingerprint density at radius 1 is 1.44 bits per heavy atom. The van der Waals surface area contributed by atoms with Crippen molar-refractivity contribution in [1.82, 2.24) is 0 Å². The highest BCUT2D eigenvalue weighted by Crippen LogP contribution is 2.27. The van der Waals surface area contributed by atoms with E-state index < -0.39 is 0 Å². The van der Waals surface area contributed by atoms with Gasteiger partial charge < -0.3 is 0 Å². The Balaban J connectivity index is 2.34. The lowest BCUT2D eigenvalue weighted by molar-refractivity contribution is 0.331. The molecule has 1 saturated carbocycles. The van der Waals surface area contributed by atoms with Gasteiger partial charge in [0.15, 0.2) is 0 Å². The molecule has 1 fully saturated rings. The molecule has 1 aliphatic carbocycles. The number of hydrogen-bond donors (Lipinski definition) is 0. The summed E-state index contributed by atoms with van der Waals surface area (Å²) in [7, 11) is 0. The van der Waals surface area contributed by atoms with Gasteiger partial charge in [0.05, 0.1) is 6.07 Å². The molecule has 0 unspecified atom stereocenters. The molecule has 2 atom stereocenters. The van der Waals surface area contributed by atoms with Gasteiger partial charge in [0, 0.05) is 5.92 Å². The van der Waals surface area contributed by atoms with Crippen LogP contribution in [0, 0.1) is 23.2 Å². The third-order valence-electron chi connectivity index (χ3n) is 2.12. The van der Waals surface area contributed by atoms with E-state index >= 15 is 0 Å². The normalized spacial score (nSPS) is 35.6. The van der Waals surface area contributed by atoms with Crippen molar-refractivity contribution in [3.8, 4) is 6.07 Å². The monoisotopic (exact) mass is 123 g/mol. The van der Waals surface area contributed by atoms with Crippen molar-refractivity contribution in [2.45, 2.75) is 32.6 Å². The lowest BCUT2D eigenvalue weighted by Gasteiger charge is -2.20. The topological polar surface area (TPSA) is 23.8 Å². The zero-order valence-corrected chi connectivity index (χ0v) is 5.93. The average Bonchev–Trinajstić information content (AvgIpc) is 1.88. The number of nitrogens with zero attached hydrogens (tertiary/aromatic N) is 1. The highest BCUT2D eigenvalue weighted by atomic mass is 14.3. The van der Waals surface area contributed by atoms with Crippen molar-refractivity contribution in [3.05, 3.63) is 0 Å². The van der Waals surface area contributed by atoms with Crippen LogP contribution in [-0.4, -0.2) is 0 Å². The maximum Gasteiger partial charge on any atom is 0.0655 e. The maximum atomic E-state index is 8.56. The summed E-state index contributed by atoms with van der Waals surface area (Å²) < 4.78 is 0. The van der Waals surface area contributed by atoms with E-state index in [1.165, 1.54) is 12.8 Å². The average molecular weight is 123 g/mol. The molecule has 0 radical (unpaired) electrons. The van der Waals surface area contributed by atoms with Gasteiger partial charge in [-0.25, -0.2) is 0 Å². The van der Waals surface area contributed by atoms with Gasteiger partial charge in [-0.3, -0.25) is 0 Å². The summed E-state index contributed by atoms with van der Waals surface area (Å²) in [6, 6.07) is 2.33. The molecule has 0 saturated heterocycles. The molecule has 0 heterocycles. The van der Waals surface area contributed by atoms with Gasteiger partial charge in [0.2, 0.25) is 0 Å². The van der Waals surface area contributed by atoms with Crippen molar-refractivity contribution in [3.63, 3.8) is 0 Å². The largest absolute Gasteiger partial charge is 0.198 e. The van der Waals surface area contributed by atoms with Crippen LogP contribution in [0.4, 0.5) is 0 Å². The lowest BCUT2D eigenvalue weighted by atomic mass is 9.83. The van der Waals surface area contributed by atoms with E-state index in [0.717, 1.165) is 18.8 Å². The Hall–Kier alpha value is -0.510. The van der Waals surface area contributed by atoms with Crippen LogP contribution >= 0.6 is 0 Å². The van der Waals surface area contributed by atoms with E-state index in [1.807, 2.05) is 0 Å². The van der Waals surface area contributed by atoms with Crippen LogP contribution in [0.15, 0.2) is 0 Å². The van der Waals surface area contributed by atoms with Gasteiger partial charge in [0.25, 0.3) is 0 Å². The van der Waals surface area contributed by atoms with E-state index in [2.05, 4.69) is 13.0 Å². The van der Waals surface area contributed by atoms with Crippen molar-refractivity contribution in [2.75, 3.05) is 0 Å². The Labute approximate surface area is 56.7 Å². The third kappa shape index (κ3) is 1.71. The fourth-order valence-electron chi connectivity index (χ4n) is 1.55. The van der Waals surface area contributed by atoms with Crippen molar-refractivity contribution < 1.29 is 0 Å². The number of nitriles is 1. The fraction of sp³-hybridized carbons (Fsp3) is 0.875. The molecule has 0 bridgehead atoms. The number of hydrogen-bond acceptors (Lipinski definition) is 1. The quantitative estimate of drug-likeness (QED) is 0.485. The Morgan fingerprint density at radius 3 is 2.67 bits per heavy atom. The Morgan fingerprint density at radius 2 is 2.22 bits per heavy atom. The Kier molecular flexibility index (Phi) is 2.10. The van der Waals surface area contributed by atoms with Crippen LogP contribution in [-0.2, 0) is 0 Å². The highest BCUT2D eigenvalue weighted by Gasteiger charge is 2.17. The first-order valence-corrected chi connectivity index (χ1v) is 3.72. The molecule has 50 valence electrons. The maximum absolute atomic E-state index is 8.56. The van der Waals surface area contributed by atoms with Crippen LogP contribution in [0.2, 0.25) is 0 Å². The van der Waals surface area contributed by atoms with E-state index in [9.17, 15) is 0 Å². The van der Waals surface area contributed by atoms with Crippen LogP contribution in [0.1, 0.15) is 32.6 Å². The van der Waals surface area contributed by atoms with Gasteiger partial charge in [-0.05, 0) is 18.8 Å². The fourth-order valence-corrected chi connectivity index (χ4v) is 1.55. The van der Waals surface area contributed by atoms with Crippen molar-refractivity contribution >= 4 is 0 Å². The van der Waals surface area contributed by atoms with Gasteiger partial charge in [-0.1, -0.05) is 19.8 Å². The van der Waals surface area contributed by atoms with Gasteiger partial charge in [-0.2, -0.15) is 5.26 Å². The summed E-state index contributed by atoms with van der Waals surface area (Å²) in [4.78, 5) is 0. The minimum absolute atomic E-state index is 0.369. The van der Waals surface area contributed by atoms with Gasteiger partial charge >= 0.3 is 0 Å². The summed E-state index contributed by atoms with van der Waals surface area (Å²) in [6.45, 7) is 2.24. The smallest absolute Gasteiger partial charge is 0.0655 e. The second kappa shape index (κ2) is 2.87. The van der Waals surface area contributed by atoms with Gasteiger partial charge in [-0.15, -0.1) is 0 Å². The summed E-state index contributed by atoms with van der Waals surface area (Å²) in [6.07, 6.45) is 4.87. The molecule has 1 heteroatoms. The van der Waals surface area contributed by atoms with E-state index in [1.54, 1.807) is 0 Å². The molecule has 0 aromatic heterocycles. The minimum atomic E-state index is 0.369. The van der Waals surface area contributed by atoms with Crippen LogP contribution < -0.4 is 0 Å². The lowest BCUT2D eigenvalue weighted by Crippen LogP contribution is -2.10. The molecule has 1 nitrogen and oxygen atoms in total. The molecule has 0 N–H and O–H groups in total. The molecule has 0 spiro atoms. The summed E-state index contributed by atoms with van der Waals surface area (Å²) in [5.74, 6) is 1.16. The number of rotatable bonds is 0. The molecule has 0 amide bonds. The second-order valence-electron chi connectivity index (χ2n) is 3.10. The first-order chi connectivity index (χ1) is 4.33. The van der Waals surface area contributed by atoms with Crippen LogP contribution in [0.25, 0.3) is 0 Å². The molecule has 0 aliphatic heterocycles. The first-order valence-electron chi connectivity index (χ1n) is 3.72. The molecule has 1 aliphatic rings. The zero-order valence-electron chi connectivity index (χ0n) is 5.93. The molecular weight excluding hydrogens is 110 g/mol. The second-order valence-corrected chi connectivity index (χ2v) is 3.10. The van der Waals surface area contributed by atoms with E-state index in [0.29, 0.717) is 5.92 Å². The Bertz CT molecular complexity index is 123. The third-order valence-corrected chi connectivity index (χ3v) is 2.12. The summed E-state index contributed by atoms with van der Waals surface area (Å²) in [5.41, 5.74) is 0. The van der Waals surface area contributed by atoms with Crippen LogP contribution in [0.5, 0.6) is 0 Å². The van der Waals surface area contributed by atoms with Crippen molar-refractivity contribution in [2.24, 2.45) is 11.8 Å². The molecule has 1 rings (SSSR count). The van der Waals surface area contributed by atoms with Gasteiger partial charge in [0.1, 0.15) is 0 Å². The predicted octanol–water partition coefficient (Wildman–Crippen LogP) is 2.34. The van der Waals surface area contributed by atoms with E-state index in [4.69, 9.17) is 5.26 Å². The molecule has 0 aromatic carbocycles.